The molecule has 0 amide bonds. The molecule has 0 N–H and O–H groups in total. The summed E-state index contributed by atoms with van der Waals surface area (Å²) < 4.78 is 11.1. The monoisotopic (exact) mass is 262 g/mol. The number of aryl methyl sites for hydroxylation is 1. The van der Waals surface area contributed by atoms with Gasteiger partial charge in [-0.1, -0.05) is 0 Å². The summed E-state index contributed by atoms with van der Waals surface area (Å²) in [5.74, 6) is -1.11. The fourth-order valence-electron chi connectivity index (χ4n) is 1.76. The number of hydrogen-bond acceptors (Lipinski definition) is 7. The second-order valence-electron chi connectivity index (χ2n) is 4.08. The molecule has 1 aliphatic rings. The summed E-state index contributed by atoms with van der Waals surface area (Å²) in [5.41, 5.74) is 0.789. The number of cyclic esters (lactones) is 1. The lowest BCUT2D eigenvalue weighted by atomic mass is 10.3. The quantitative estimate of drug-likeness (QED) is 0.697. The van der Waals surface area contributed by atoms with Crippen LogP contribution in [0.25, 0.3) is 5.78 Å². The Morgan fingerprint density at radius 2 is 2.42 bits per heavy atom. The van der Waals surface area contributed by atoms with Crippen molar-refractivity contribution in [3.63, 3.8) is 0 Å². The normalized spacial score (nSPS) is 18.6. The minimum atomic E-state index is -0.867. The third-order valence-corrected chi connectivity index (χ3v) is 2.75. The SMILES string of the molecule is Cc1ccnc2nc(C(=O)O[C@H]3CCOC3=O)nn12. The predicted molar refractivity (Wildman–Crippen MR) is 60.3 cm³/mol. The number of carbonyl (C=O) groups excluding carboxylic acids is 2. The number of hydrogen-bond donors (Lipinski definition) is 0. The van der Waals surface area contributed by atoms with Crippen molar-refractivity contribution in [3.05, 3.63) is 23.8 Å². The van der Waals surface area contributed by atoms with Crippen LogP contribution in [-0.4, -0.2) is 44.2 Å². The first-order valence-electron chi connectivity index (χ1n) is 5.71. The van der Waals surface area contributed by atoms with Crippen molar-refractivity contribution in [1.29, 1.82) is 0 Å². The van der Waals surface area contributed by atoms with Crippen LogP contribution in [0.5, 0.6) is 0 Å². The molecule has 8 nitrogen and oxygen atoms in total. The topological polar surface area (TPSA) is 95.7 Å². The van der Waals surface area contributed by atoms with Crippen LogP contribution in [0, 0.1) is 6.92 Å². The van der Waals surface area contributed by atoms with Gasteiger partial charge in [0.2, 0.25) is 6.10 Å². The highest BCUT2D eigenvalue weighted by atomic mass is 16.6. The van der Waals surface area contributed by atoms with E-state index < -0.39 is 18.0 Å². The Kier molecular flexibility index (Phi) is 2.62. The van der Waals surface area contributed by atoms with E-state index in [0.29, 0.717) is 12.2 Å². The Bertz CT molecular complexity index is 666. The average Bonchev–Trinajstić information content (AvgIpc) is 2.97. The van der Waals surface area contributed by atoms with Crippen molar-refractivity contribution >= 4 is 17.7 Å². The van der Waals surface area contributed by atoms with Gasteiger partial charge in [-0.3, -0.25) is 0 Å². The predicted octanol–water partition coefficient (Wildman–Crippen LogP) is -0.0950. The molecule has 1 saturated heterocycles. The van der Waals surface area contributed by atoms with Crippen LogP contribution in [-0.2, 0) is 14.3 Å². The molecule has 0 bridgehead atoms. The smallest absolute Gasteiger partial charge is 0.379 e. The van der Waals surface area contributed by atoms with Gasteiger partial charge in [-0.05, 0) is 13.0 Å². The third-order valence-electron chi connectivity index (χ3n) is 2.75. The lowest BCUT2D eigenvalue weighted by molar-refractivity contribution is -0.145. The molecule has 19 heavy (non-hydrogen) atoms. The zero-order chi connectivity index (χ0) is 13.4. The second-order valence-corrected chi connectivity index (χ2v) is 4.08. The average molecular weight is 262 g/mol. The maximum absolute atomic E-state index is 11.8. The van der Waals surface area contributed by atoms with Gasteiger partial charge in [-0.25, -0.2) is 19.1 Å². The summed E-state index contributed by atoms with van der Waals surface area (Å²) in [6.45, 7) is 2.07. The third kappa shape index (κ3) is 2.01. The highest BCUT2D eigenvalue weighted by Gasteiger charge is 2.31. The Labute approximate surface area is 107 Å². The lowest BCUT2D eigenvalue weighted by Gasteiger charge is -2.04. The summed E-state index contributed by atoms with van der Waals surface area (Å²) in [7, 11) is 0. The van der Waals surface area contributed by atoms with Crippen LogP contribution in [0.15, 0.2) is 12.3 Å². The van der Waals surface area contributed by atoms with Gasteiger partial charge in [-0.2, -0.15) is 4.98 Å². The van der Waals surface area contributed by atoms with Crippen molar-refractivity contribution < 1.29 is 19.1 Å². The van der Waals surface area contributed by atoms with E-state index in [9.17, 15) is 9.59 Å². The van der Waals surface area contributed by atoms with Crippen LogP contribution in [0.4, 0.5) is 0 Å². The molecule has 1 atom stereocenters. The van der Waals surface area contributed by atoms with E-state index in [1.54, 1.807) is 12.3 Å². The van der Waals surface area contributed by atoms with Crippen molar-refractivity contribution in [2.75, 3.05) is 6.61 Å². The molecule has 3 rings (SSSR count). The maximum Gasteiger partial charge on any atom is 0.379 e. The van der Waals surface area contributed by atoms with E-state index in [4.69, 9.17) is 9.47 Å². The molecule has 0 aromatic carbocycles. The zero-order valence-electron chi connectivity index (χ0n) is 10.1. The molecule has 1 fully saturated rings. The standard InChI is InChI=1S/C11H10N4O4/c1-6-2-4-12-11-13-8(14-15(6)11)10(17)19-7-3-5-18-9(7)16/h2,4,7H,3,5H2,1H3/t7-/m0/s1. The first-order valence-corrected chi connectivity index (χ1v) is 5.71. The highest BCUT2D eigenvalue weighted by Crippen LogP contribution is 2.12. The molecule has 3 heterocycles. The largest absolute Gasteiger partial charge is 0.463 e. The summed E-state index contributed by atoms with van der Waals surface area (Å²) in [6, 6.07) is 1.74. The molecule has 2 aromatic rings. The molecule has 0 radical (unpaired) electrons. The van der Waals surface area contributed by atoms with Crippen LogP contribution >= 0.6 is 0 Å². The van der Waals surface area contributed by atoms with E-state index in [2.05, 4.69) is 15.1 Å². The Morgan fingerprint density at radius 3 is 3.11 bits per heavy atom. The molecule has 0 aliphatic carbocycles. The van der Waals surface area contributed by atoms with Crippen molar-refractivity contribution in [2.24, 2.45) is 0 Å². The van der Waals surface area contributed by atoms with Gasteiger partial charge in [0.05, 0.1) is 6.61 Å². The number of rotatable bonds is 2. The number of nitrogens with zero attached hydrogens (tertiary/aromatic N) is 4. The van der Waals surface area contributed by atoms with Crippen molar-refractivity contribution in [3.8, 4) is 0 Å². The lowest BCUT2D eigenvalue weighted by Crippen LogP contribution is -2.23. The van der Waals surface area contributed by atoms with Gasteiger partial charge in [-0.15, -0.1) is 5.10 Å². The van der Waals surface area contributed by atoms with Gasteiger partial charge in [0.25, 0.3) is 11.6 Å². The summed E-state index contributed by atoms with van der Waals surface area (Å²) in [4.78, 5) is 31.0. The Hall–Kier alpha value is -2.51. The van der Waals surface area contributed by atoms with Crippen molar-refractivity contribution in [1.82, 2.24) is 19.6 Å². The van der Waals surface area contributed by atoms with E-state index in [-0.39, 0.29) is 12.4 Å². The Morgan fingerprint density at radius 1 is 1.58 bits per heavy atom. The van der Waals surface area contributed by atoms with Crippen LogP contribution in [0.3, 0.4) is 0 Å². The van der Waals surface area contributed by atoms with Crippen LogP contribution in [0.1, 0.15) is 22.7 Å². The second kappa shape index (κ2) is 4.30. The molecule has 0 saturated carbocycles. The van der Waals surface area contributed by atoms with Gasteiger partial charge >= 0.3 is 11.9 Å². The number of fused-ring (bicyclic) bond motifs is 1. The summed E-state index contributed by atoms with van der Waals surface area (Å²) in [6.07, 6.45) is 1.06. The molecule has 98 valence electrons. The molecular formula is C11H10N4O4. The van der Waals surface area contributed by atoms with E-state index in [1.165, 1.54) is 4.52 Å². The maximum atomic E-state index is 11.8. The minimum Gasteiger partial charge on any atom is -0.463 e. The minimum absolute atomic E-state index is 0.124. The molecule has 0 spiro atoms. The fraction of sp³-hybridized carbons (Fsp3) is 0.364. The highest BCUT2D eigenvalue weighted by molar-refractivity contribution is 5.88. The first-order chi connectivity index (χ1) is 9.15. The van der Waals surface area contributed by atoms with E-state index >= 15 is 0 Å². The first kappa shape index (κ1) is 11.6. The van der Waals surface area contributed by atoms with Crippen molar-refractivity contribution in [2.45, 2.75) is 19.4 Å². The zero-order valence-corrected chi connectivity index (χ0v) is 10.1. The number of ether oxygens (including phenoxy) is 2. The van der Waals surface area contributed by atoms with E-state index in [0.717, 1.165) is 5.69 Å². The van der Waals surface area contributed by atoms with Crippen LogP contribution < -0.4 is 0 Å². The number of esters is 2. The molecule has 2 aromatic heterocycles. The van der Waals surface area contributed by atoms with Gasteiger partial charge in [0, 0.05) is 18.3 Å². The van der Waals surface area contributed by atoms with Crippen LogP contribution in [0.2, 0.25) is 0 Å². The van der Waals surface area contributed by atoms with E-state index in [1.807, 2.05) is 6.92 Å². The van der Waals surface area contributed by atoms with Gasteiger partial charge in [0.1, 0.15) is 0 Å². The van der Waals surface area contributed by atoms with Gasteiger partial charge in [0.15, 0.2) is 0 Å². The fourth-order valence-corrected chi connectivity index (χ4v) is 1.76. The summed E-state index contributed by atoms with van der Waals surface area (Å²) in [5, 5.41) is 4.00. The van der Waals surface area contributed by atoms with Gasteiger partial charge < -0.3 is 9.47 Å². The molecule has 0 unspecified atom stereocenters. The number of aromatic nitrogens is 4. The number of carbonyl (C=O) groups is 2. The Balaban J connectivity index is 1.85. The molecule has 1 aliphatic heterocycles. The molecular weight excluding hydrogens is 252 g/mol. The summed E-state index contributed by atoms with van der Waals surface area (Å²) >= 11 is 0. The molecule has 8 heteroatoms.